The third-order valence-electron chi connectivity index (χ3n) is 4.63. The van der Waals surface area contributed by atoms with Gasteiger partial charge in [0.1, 0.15) is 17.1 Å². The maximum absolute atomic E-state index is 12.3. The molecule has 0 aliphatic carbocycles. The highest BCUT2D eigenvalue weighted by Crippen LogP contribution is 2.24. The van der Waals surface area contributed by atoms with Crippen molar-refractivity contribution in [2.24, 2.45) is 0 Å². The van der Waals surface area contributed by atoms with Crippen molar-refractivity contribution in [1.82, 2.24) is 15.5 Å². The number of hydrogen-bond acceptors (Lipinski definition) is 6. The molecule has 2 aromatic heterocycles. The number of para-hydroxylation sites is 1. The van der Waals surface area contributed by atoms with Crippen molar-refractivity contribution in [3.05, 3.63) is 66.2 Å². The van der Waals surface area contributed by atoms with E-state index in [4.69, 9.17) is 13.7 Å². The molecular formula is C22H21N3O4. The normalized spacial score (nSPS) is 12.1. The first-order chi connectivity index (χ1) is 14.1. The second-order valence-electron chi connectivity index (χ2n) is 6.72. The summed E-state index contributed by atoms with van der Waals surface area (Å²) in [4.78, 5) is 16.7. The minimum absolute atomic E-state index is 0.109. The van der Waals surface area contributed by atoms with E-state index in [1.54, 1.807) is 7.11 Å². The molecule has 0 fully saturated rings. The Labute approximate surface area is 167 Å². The van der Waals surface area contributed by atoms with Gasteiger partial charge in [0.25, 0.3) is 0 Å². The lowest BCUT2D eigenvalue weighted by molar-refractivity contribution is -0.121. The van der Waals surface area contributed by atoms with Gasteiger partial charge in [0, 0.05) is 23.8 Å². The molecule has 7 nitrogen and oxygen atoms in total. The molecule has 1 amide bonds. The average Bonchev–Trinajstić information content (AvgIpc) is 3.39. The molecule has 148 valence electrons. The van der Waals surface area contributed by atoms with Crippen LogP contribution in [0.3, 0.4) is 0 Å². The summed E-state index contributed by atoms with van der Waals surface area (Å²) in [5, 5.41) is 7.94. The van der Waals surface area contributed by atoms with E-state index in [1.807, 2.05) is 61.5 Å². The minimum atomic E-state index is -0.229. The minimum Gasteiger partial charge on any atom is -0.497 e. The average molecular weight is 391 g/mol. The topological polar surface area (TPSA) is 90.4 Å². The van der Waals surface area contributed by atoms with Gasteiger partial charge in [-0.15, -0.1) is 0 Å². The number of rotatable bonds is 7. The Morgan fingerprint density at radius 1 is 1.17 bits per heavy atom. The van der Waals surface area contributed by atoms with E-state index < -0.39 is 0 Å². The maximum Gasteiger partial charge on any atom is 0.227 e. The molecule has 1 N–H and O–H groups in total. The van der Waals surface area contributed by atoms with E-state index >= 15 is 0 Å². The Kier molecular flexibility index (Phi) is 5.29. The number of aromatic nitrogens is 2. The van der Waals surface area contributed by atoms with Gasteiger partial charge < -0.3 is 19.0 Å². The van der Waals surface area contributed by atoms with E-state index in [-0.39, 0.29) is 18.4 Å². The highest BCUT2D eigenvalue weighted by molar-refractivity contribution is 5.79. The zero-order valence-electron chi connectivity index (χ0n) is 16.2. The zero-order chi connectivity index (χ0) is 20.2. The lowest BCUT2D eigenvalue weighted by Gasteiger charge is -2.10. The predicted molar refractivity (Wildman–Crippen MR) is 107 cm³/mol. The van der Waals surface area contributed by atoms with Gasteiger partial charge in [-0.1, -0.05) is 23.4 Å². The number of nitrogens with one attached hydrogen (secondary N) is 1. The number of ether oxygens (including phenoxy) is 1. The fourth-order valence-electron chi connectivity index (χ4n) is 3.03. The monoisotopic (exact) mass is 391 g/mol. The second kappa shape index (κ2) is 8.18. The fourth-order valence-corrected chi connectivity index (χ4v) is 3.03. The van der Waals surface area contributed by atoms with Gasteiger partial charge in [0.15, 0.2) is 0 Å². The van der Waals surface area contributed by atoms with Crippen LogP contribution in [0.4, 0.5) is 0 Å². The van der Waals surface area contributed by atoms with Gasteiger partial charge in [-0.05, 0) is 43.3 Å². The van der Waals surface area contributed by atoms with Gasteiger partial charge >= 0.3 is 0 Å². The number of carbonyl (C=O) groups excluding carboxylic acids is 1. The number of hydrogen-bond donors (Lipinski definition) is 1. The quantitative estimate of drug-likeness (QED) is 0.505. The Morgan fingerprint density at radius 2 is 1.97 bits per heavy atom. The molecule has 7 heteroatoms. The second-order valence-corrected chi connectivity index (χ2v) is 6.72. The highest BCUT2D eigenvalue weighted by atomic mass is 16.5. The molecule has 0 radical (unpaired) electrons. The van der Waals surface area contributed by atoms with Crippen molar-refractivity contribution in [3.8, 4) is 17.1 Å². The van der Waals surface area contributed by atoms with Crippen LogP contribution >= 0.6 is 0 Å². The number of amides is 1. The lowest BCUT2D eigenvalue weighted by Crippen LogP contribution is -2.26. The first-order valence-electron chi connectivity index (χ1n) is 9.37. The van der Waals surface area contributed by atoms with Crippen molar-refractivity contribution >= 4 is 16.9 Å². The van der Waals surface area contributed by atoms with Crippen LogP contribution in [0.15, 0.2) is 63.5 Å². The summed E-state index contributed by atoms with van der Waals surface area (Å²) >= 11 is 0. The number of nitrogens with zero attached hydrogens (tertiary/aromatic N) is 2. The smallest absolute Gasteiger partial charge is 0.227 e. The van der Waals surface area contributed by atoms with Crippen LogP contribution in [0.5, 0.6) is 5.75 Å². The fraction of sp³-hybridized carbons (Fsp3) is 0.227. The Hall–Kier alpha value is -3.61. The highest BCUT2D eigenvalue weighted by Gasteiger charge is 2.16. The molecule has 4 rings (SSSR count). The molecule has 0 bridgehead atoms. The van der Waals surface area contributed by atoms with E-state index in [0.29, 0.717) is 18.1 Å². The summed E-state index contributed by atoms with van der Waals surface area (Å²) in [6, 6.07) is 16.8. The van der Waals surface area contributed by atoms with Crippen molar-refractivity contribution in [2.45, 2.75) is 25.8 Å². The maximum atomic E-state index is 12.3. The van der Waals surface area contributed by atoms with Crippen LogP contribution in [-0.2, 0) is 11.2 Å². The van der Waals surface area contributed by atoms with E-state index in [1.165, 1.54) is 0 Å². The van der Waals surface area contributed by atoms with Crippen LogP contribution in [0.25, 0.3) is 22.4 Å². The van der Waals surface area contributed by atoms with Crippen molar-refractivity contribution in [1.29, 1.82) is 0 Å². The summed E-state index contributed by atoms with van der Waals surface area (Å²) in [6.07, 6.45) is 0.608. The molecule has 1 unspecified atom stereocenters. The molecule has 29 heavy (non-hydrogen) atoms. The Bertz CT molecular complexity index is 1080. The Balaban J connectivity index is 1.32. The largest absolute Gasteiger partial charge is 0.497 e. The van der Waals surface area contributed by atoms with E-state index in [0.717, 1.165) is 28.0 Å². The van der Waals surface area contributed by atoms with Crippen molar-refractivity contribution in [3.63, 3.8) is 0 Å². The zero-order valence-corrected chi connectivity index (χ0v) is 16.2. The van der Waals surface area contributed by atoms with Crippen LogP contribution in [-0.4, -0.2) is 23.2 Å². The first-order valence-corrected chi connectivity index (χ1v) is 9.37. The van der Waals surface area contributed by atoms with Gasteiger partial charge in [-0.3, -0.25) is 4.79 Å². The van der Waals surface area contributed by atoms with Crippen molar-refractivity contribution in [2.75, 3.05) is 7.11 Å². The lowest BCUT2D eigenvalue weighted by atomic mass is 10.2. The van der Waals surface area contributed by atoms with Gasteiger partial charge in [-0.2, -0.15) is 4.98 Å². The summed E-state index contributed by atoms with van der Waals surface area (Å²) in [5.74, 6) is 2.27. The summed E-state index contributed by atoms with van der Waals surface area (Å²) < 4.78 is 16.2. The molecule has 4 aromatic rings. The molecule has 2 heterocycles. The standard InChI is InChI=1S/C22H21N3O4/c1-14(19-13-16-5-3-4-6-18(16)28-19)23-20(26)11-12-21-24-22(25-29-21)15-7-9-17(27-2)10-8-15/h3-10,13-14H,11-12H2,1-2H3,(H,23,26). The molecular weight excluding hydrogens is 370 g/mol. The predicted octanol–water partition coefficient (Wildman–Crippen LogP) is 4.30. The first kappa shape index (κ1) is 18.7. The third kappa shape index (κ3) is 4.29. The number of fused-ring (bicyclic) bond motifs is 1. The number of carbonyl (C=O) groups is 1. The molecule has 1 atom stereocenters. The third-order valence-corrected chi connectivity index (χ3v) is 4.63. The Morgan fingerprint density at radius 3 is 2.72 bits per heavy atom. The molecule has 0 spiro atoms. The van der Waals surface area contributed by atoms with Gasteiger partial charge in [0.2, 0.25) is 17.6 Å². The summed E-state index contributed by atoms with van der Waals surface area (Å²) in [6.45, 7) is 1.89. The summed E-state index contributed by atoms with van der Waals surface area (Å²) in [7, 11) is 1.61. The molecule has 0 aliphatic rings. The van der Waals surface area contributed by atoms with E-state index in [2.05, 4.69) is 15.5 Å². The number of furan rings is 1. The van der Waals surface area contributed by atoms with Crippen LogP contribution in [0, 0.1) is 0 Å². The number of methoxy groups -OCH3 is 1. The number of benzene rings is 2. The molecule has 0 saturated carbocycles. The van der Waals surface area contributed by atoms with Gasteiger partial charge in [-0.25, -0.2) is 0 Å². The molecule has 2 aromatic carbocycles. The van der Waals surface area contributed by atoms with Crippen molar-refractivity contribution < 1.29 is 18.5 Å². The molecule has 0 aliphatic heterocycles. The summed E-state index contributed by atoms with van der Waals surface area (Å²) in [5.41, 5.74) is 1.63. The molecule has 0 saturated heterocycles. The van der Waals surface area contributed by atoms with E-state index in [9.17, 15) is 4.79 Å². The van der Waals surface area contributed by atoms with Crippen LogP contribution in [0.1, 0.15) is 31.0 Å². The van der Waals surface area contributed by atoms with Gasteiger partial charge in [0.05, 0.1) is 13.2 Å². The number of aryl methyl sites for hydroxylation is 1. The van der Waals surface area contributed by atoms with Crippen LogP contribution < -0.4 is 10.1 Å². The SMILES string of the molecule is COc1ccc(-c2noc(CCC(=O)NC(C)c3cc4ccccc4o3)n2)cc1. The van der Waals surface area contributed by atoms with Crippen LogP contribution in [0.2, 0.25) is 0 Å².